The van der Waals surface area contributed by atoms with Crippen LogP contribution in [0.2, 0.25) is 0 Å². The molecule has 1 saturated heterocycles. The fraction of sp³-hybridized carbons (Fsp3) is 0.357. The molecule has 4 heteroatoms. The van der Waals surface area contributed by atoms with Gasteiger partial charge in [0.1, 0.15) is 5.75 Å². The van der Waals surface area contributed by atoms with Gasteiger partial charge >= 0.3 is 0 Å². The fourth-order valence-electron chi connectivity index (χ4n) is 1.62. The van der Waals surface area contributed by atoms with Crippen molar-refractivity contribution in [2.45, 2.75) is 13.8 Å². The molecular weight excluding hydrogens is 228 g/mol. The van der Waals surface area contributed by atoms with Crippen molar-refractivity contribution in [2.24, 2.45) is 5.92 Å². The molecule has 0 bridgehead atoms. The lowest BCUT2D eigenvalue weighted by molar-refractivity contribution is -0.116. The van der Waals surface area contributed by atoms with E-state index in [9.17, 15) is 4.79 Å². The van der Waals surface area contributed by atoms with Gasteiger partial charge in [0.25, 0.3) is 5.91 Å². The van der Waals surface area contributed by atoms with Crippen LogP contribution in [0.1, 0.15) is 19.4 Å². The van der Waals surface area contributed by atoms with Gasteiger partial charge < -0.3 is 4.74 Å². The van der Waals surface area contributed by atoms with Crippen LogP contribution in [0.25, 0.3) is 6.08 Å². The first-order chi connectivity index (χ1) is 8.65. The van der Waals surface area contributed by atoms with E-state index in [1.54, 1.807) is 0 Å². The molecule has 1 aromatic rings. The minimum atomic E-state index is -0.0601. The SMILES string of the molecule is CC(C)COc1ccc(/C=C2\CNNC2=O)cc1. The van der Waals surface area contributed by atoms with Crippen LogP contribution >= 0.6 is 0 Å². The van der Waals surface area contributed by atoms with Crippen LogP contribution in [0.15, 0.2) is 29.8 Å². The Morgan fingerprint density at radius 1 is 1.33 bits per heavy atom. The van der Waals surface area contributed by atoms with Gasteiger partial charge in [-0.05, 0) is 29.7 Å². The van der Waals surface area contributed by atoms with E-state index in [0.29, 0.717) is 19.1 Å². The Bertz CT molecular complexity index is 449. The number of hydrogen-bond donors (Lipinski definition) is 2. The summed E-state index contributed by atoms with van der Waals surface area (Å²) in [6, 6.07) is 7.76. The number of ether oxygens (including phenoxy) is 1. The number of nitrogens with one attached hydrogen (secondary N) is 2. The Balaban J connectivity index is 2.01. The molecule has 1 heterocycles. The van der Waals surface area contributed by atoms with Gasteiger partial charge in [-0.15, -0.1) is 0 Å². The highest BCUT2D eigenvalue weighted by Gasteiger charge is 2.14. The zero-order chi connectivity index (χ0) is 13.0. The molecular formula is C14H18N2O2. The number of hydrazine groups is 1. The zero-order valence-electron chi connectivity index (χ0n) is 10.7. The predicted octanol–water partition coefficient (Wildman–Crippen LogP) is 1.74. The quantitative estimate of drug-likeness (QED) is 0.796. The van der Waals surface area contributed by atoms with E-state index < -0.39 is 0 Å². The first-order valence-electron chi connectivity index (χ1n) is 6.12. The number of carbonyl (C=O) groups is 1. The highest BCUT2D eigenvalue weighted by atomic mass is 16.5. The molecule has 0 saturated carbocycles. The monoisotopic (exact) mass is 246 g/mol. The lowest BCUT2D eigenvalue weighted by Gasteiger charge is -2.08. The van der Waals surface area contributed by atoms with Gasteiger partial charge in [0.15, 0.2) is 0 Å². The lowest BCUT2D eigenvalue weighted by atomic mass is 10.1. The number of amides is 1. The summed E-state index contributed by atoms with van der Waals surface area (Å²) >= 11 is 0. The highest BCUT2D eigenvalue weighted by molar-refractivity contribution is 5.99. The van der Waals surface area contributed by atoms with Gasteiger partial charge in [-0.2, -0.15) is 0 Å². The van der Waals surface area contributed by atoms with Crippen LogP contribution in [0, 0.1) is 5.92 Å². The summed E-state index contributed by atoms with van der Waals surface area (Å²) in [4.78, 5) is 11.4. The smallest absolute Gasteiger partial charge is 0.262 e. The van der Waals surface area contributed by atoms with Crippen LogP contribution in [0.4, 0.5) is 0 Å². The standard InChI is InChI=1S/C14H18N2O2/c1-10(2)9-18-13-5-3-11(4-6-13)7-12-8-15-16-14(12)17/h3-7,10,15H,8-9H2,1-2H3,(H,16,17)/b12-7+. The van der Waals surface area contributed by atoms with Crippen LogP contribution in [0.3, 0.4) is 0 Å². The van der Waals surface area contributed by atoms with Crippen LogP contribution < -0.4 is 15.6 Å². The number of hydrogen-bond acceptors (Lipinski definition) is 3. The van der Waals surface area contributed by atoms with Crippen LogP contribution in [-0.4, -0.2) is 19.1 Å². The molecule has 18 heavy (non-hydrogen) atoms. The second-order valence-corrected chi connectivity index (χ2v) is 4.75. The second-order valence-electron chi connectivity index (χ2n) is 4.75. The summed E-state index contributed by atoms with van der Waals surface area (Å²) in [6.07, 6.45) is 1.88. The third-order valence-electron chi connectivity index (χ3n) is 2.58. The van der Waals surface area contributed by atoms with Gasteiger partial charge in [0, 0.05) is 12.1 Å². The molecule has 0 radical (unpaired) electrons. The molecule has 4 nitrogen and oxygen atoms in total. The van der Waals surface area contributed by atoms with Crippen molar-refractivity contribution in [1.29, 1.82) is 0 Å². The van der Waals surface area contributed by atoms with E-state index in [1.807, 2.05) is 30.3 Å². The van der Waals surface area contributed by atoms with Gasteiger partial charge in [0.2, 0.25) is 0 Å². The van der Waals surface area contributed by atoms with Gasteiger partial charge in [0.05, 0.1) is 6.61 Å². The van der Waals surface area contributed by atoms with E-state index in [4.69, 9.17) is 4.74 Å². The highest BCUT2D eigenvalue weighted by Crippen LogP contribution is 2.15. The Morgan fingerprint density at radius 2 is 2.06 bits per heavy atom. The van der Waals surface area contributed by atoms with E-state index in [1.165, 1.54) is 0 Å². The largest absolute Gasteiger partial charge is 0.493 e. The average molecular weight is 246 g/mol. The Kier molecular flexibility index (Phi) is 3.99. The zero-order valence-corrected chi connectivity index (χ0v) is 10.7. The summed E-state index contributed by atoms with van der Waals surface area (Å²) in [6.45, 7) is 5.51. The summed E-state index contributed by atoms with van der Waals surface area (Å²) in [7, 11) is 0. The molecule has 1 amide bonds. The Labute approximate surface area is 107 Å². The third-order valence-corrected chi connectivity index (χ3v) is 2.58. The maximum absolute atomic E-state index is 11.4. The molecule has 0 aliphatic carbocycles. The van der Waals surface area contributed by atoms with Crippen molar-refractivity contribution >= 4 is 12.0 Å². The minimum Gasteiger partial charge on any atom is -0.493 e. The number of rotatable bonds is 4. The molecule has 0 atom stereocenters. The van der Waals surface area contributed by atoms with Crippen molar-refractivity contribution < 1.29 is 9.53 Å². The van der Waals surface area contributed by atoms with Crippen molar-refractivity contribution in [2.75, 3.05) is 13.2 Å². The van der Waals surface area contributed by atoms with Crippen molar-refractivity contribution in [3.63, 3.8) is 0 Å². The van der Waals surface area contributed by atoms with Crippen LogP contribution in [0.5, 0.6) is 5.75 Å². The topological polar surface area (TPSA) is 50.4 Å². The Hall–Kier alpha value is -1.81. The molecule has 0 aromatic heterocycles. The maximum Gasteiger partial charge on any atom is 0.262 e. The Morgan fingerprint density at radius 3 is 2.61 bits per heavy atom. The van der Waals surface area contributed by atoms with E-state index in [-0.39, 0.29) is 5.91 Å². The van der Waals surface area contributed by atoms with E-state index in [0.717, 1.165) is 16.9 Å². The third kappa shape index (κ3) is 3.34. The first-order valence-corrected chi connectivity index (χ1v) is 6.12. The maximum atomic E-state index is 11.4. The molecule has 1 fully saturated rings. The van der Waals surface area contributed by atoms with E-state index >= 15 is 0 Å². The van der Waals surface area contributed by atoms with Crippen molar-refractivity contribution in [1.82, 2.24) is 10.9 Å². The number of benzene rings is 1. The molecule has 2 N–H and O–H groups in total. The molecule has 0 unspecified atom stereocenters. The molecule has 96 valence electrons. The average Bonchev–Trinajstić information content (AvgIpc) is 2.74. The van der Waals surface area contributed by atoms with Gasteiger partial charge in [-0.3, -0.25) is 10.2 Å². The summed E-state index contributed by atoms with van der Waals surface area (Å²) < 4.78 is 5.60. The van der Waals surface area contributed by atoms with E-state index in [2.05, 4.69) is 24.7 Å². The van der Waals surface area contributed by atoms with Crippen molar-refractivity contribution in [3.05, 3.63) is 35.4 Å². The van der Waals surface area contributed by atoms with Gasteiger partial charge in [-0.25, -0.2) is 5.43 Å². The first kappa shape index (κ1) is 12.6. The lowest BCUT2D eigenvalue weighted by Crippen LogP contribution is -2.25. The molecule has 1 aliphatic heterocycles. The number of carbonyl (C=O) groups excluding carboxylic acids is 1. The summed E-state index contributed by atoms with van der Waals surface area (Å²) in [5, 5.41) is 0. The molecule has 1 aromatic carbocycles. The molecule has 1 aliphatic rings. The second kappa shape index (κ2) is 5.69. The summed E-state index contributed by atoms with van der Waals surface area (Å²) in [5.74, 6) is 1.31. The fourth-order valence-corrected chi connectivity index (χ4v) is 1.62. The predicted molar refractivity (Wildman–Crippen MR) is 70.9 cm³/mol. The van der Waals surface area contributed by atoms with Gasteiger partial charge in [-0.1, -0.05) is 26.0 Å². The molecule has 2 rings (SSSR count). The summed E-state index contributed by atoms with van der Waals surface area (Å²) in [5.41, 5.74) is 7.09. The minimum absolute atomic E-state index is 0.0601. The van der Waals surface area contributed by atoms with Crippen molar-refractivity contribution in [3.8, 4) is 5.75 Å². The van der Waals surface area contributed by atoms with Crippen LogP contribution in [-0.2, 0) is 4.79 Å². The molecule has 0 spiro atoms. The normalized spacial score (nSPS) is 17.3.